The van der Waals surface area contributed by atoms with Crippen LogP contribution in [0.3, 0.4) is 0 Å². The minimum Gasteiger partial charge on any atom is -0.454 e. The fourth-order valence-electron chi connectivity index (χ4n) is 3.67. The monoisotopic (exact) mass is 390 g/mol. The van der Waals surface area contributed by atoms with Gasteiger partial charge in [0, 0.05) is 5.56 Å². The number of benzene rings is 2. The normalized spacial score (nSPS) is 15.8. The highest BCUT2D eigenvalue weighted by atomic mass is 19.1. The molecular weight excluding hydrogens is 371 g/mol. The number of amides is 1. The molecule has 1 aromatic heterocycles. The van der Waals surface area contributed by atoms with Gasteiger partial charge in [0.1, 0.15) is 11.6 Å². The number of halogens is 1. The van der Waals surface area contributed by atoms with Crippen LogP contribution in [0.5, 0.6) is 11.5 Å². The SMILES string of the molecule is Cc1cc(-c2cccc(NC(=O)C3(c4ccc5c(c4)OCO5)CC3)n2)ccc1F. The lowest BCUT2D eigenvalue weighted by Crippen LogP contribution is -2.28. The molecule has 2 aromatic carbocycles. The third-order valence-electron chi connectivity index (χ3n) is 5.55. The molecule has 1 amide bonds. The van der Waals surface area contributed by atoms with Gasteiger partial charge in [0.25, 0.3) is 0 Å². The van der Waals surface area contributed by atoms with Crippen molar-refractivity contribution >= 4 is 11.7 Å². The van der Waals surface area contributed by atoms with Crippen molar-refractivity contribution in [2.45, 2.75) is 25.2 Å². The van der Waals surface area contributed by atoms with E-state index in [1.807, 2.05) is 30.3 Å². The quantitative estimate of drug-likeness (QED) is 0.708. The fourth-order valence-corrected chi connectivity index (χ4v) is 3.67. The molecule has 0 atom stereocenters. The van der Waals surface area contributed by atoms with Gasteiger partial charge >= 0.3 is 0 Å². The van der Waals surface area contributed by atoms with E-state index in [1.165, 1.54) is 6.07 Å². The summed E-state index contributed by atoms with van der Waals surface area (Å²) in [5.74, 6) is 1.51. The van der Waals surface area contributed by atoms with Gasteiger partial charge in [0.05, 0.1) is 11.1 Å². The zero-order valence-corrected chi connectivity index (χ0v) is 15.9. The van der Waals surface area contributed by atoms with Gasteiger partial charge in [-0.05, 0) is 73.4 Å². The van der Waals surface area contributed by atoms with E-state index in [9.17, 15) is 9.18 Å². The van der Waals surface area contributed by atoms with Gasteiger partial charge in [-0.25, -0.2) is 9.37 Å². The molecule has 0 saturated heterocycles. The Morgan fingerprint density at radius 2 is 1.90 bits per heavy atom. The Labute approximate surface area is 167 Å². The number of ether oxygens (including phenoxy) is 2. The van der Waals surface area contributed by atoms with Crippen LogP contribution in [0.1, 0.15) is 24.0 Å². The third-order valence-corrected chi connectivity index (χ3v) is 5.55. The van der Waals surface area contributed by atoms with E-state index < -0.39 is 5.41 Å². The van der Waals surface area contributed by atoms with Gasteiger partial charge in [-0.3, -0.25) is 4.79 Å². The zero-order chi connectivity index (χ0) is 20.0. The number of fused-ring (bicyclic) bond motifs is 1. The van der Waals surface area contributed by atoms with Crippen molar-refractivity contribution < 1.29 is 18.7 Å². The summed E-state index contributed by atoms with van der Waals surface area (Å²) in [7, 11) is 0. The Balaban J connectivity index is 1.39. The van der Waals surface area contributed by atoms with E-state index in [-0.39, 0.29) is 18.5 Å². The molecule has 1 N–H and O–H groups in total. The molecule has 1 aliphatic carbocycles. The Bertz CT molecular complexity index is 1120. The molecule has 3 aromatic rings. The molecule has 1 saturated carbocycles. The first-order chi connectivity index (χ1) is 14.0. The van der Waals surface area contributed by atoms with Crippen molar-refractivity contribution in [1.82, 2.24) is 4.98 Å². The van der Waals surface area contributed by atoms with Gasteiger partial charge in [-0.15, -0.1) is 0 Å². The van der Waals surface area contributed by atoms with E-state index >= 15 is 0 Å². The van der Waals surface area contributed by atoms with Crippen molar-refractivity contribution in [3.8, 4) is 22.8 Å². The highest BCUT2D eigenvalue weighted by molar-refractivity contribution is 6.01. The molecule has 6 heteroatoms. The molecule has 0 unspecified atom stereocenters. The number of nitrogens with zero attached hydrogens (tertiary/aromatic N) is 1. The molecule has 146 valence electrons. The minimum atomic E-state index is -0.564. The molecule has 29 heavy (non-hydrogen) atoms. The predicted molar refractivity (Wildman–Crippen MR) is 106 cm³/mol. The van der Waals surface area contributed by atoms with Crippen molar-refractivity contribution in [3.05, 3.63) is 71.5 Å². The molecule has 0 radical (unpaired) electrons. The number of carbonyl (C=O) groups is 1. The van der Waals surface area contributed by atoms with Crippen molar-refractivity contribution in [3.63, 3.8) is 0 Å². The van der Waals surface area contributed by atoms with Gasteiger partial charge in [-0.2, -0.15) is 0 Å². The van der Waals surface area contributed by atoms with Crippen LogP contribution < -0.4 is 14.8 Å². The number of aromatic nitrogens is 1. The average Bonchev–Trinajstić information content (AvgIpc) is 3.41. The van der Waals surface area contributed by atoms with E-state index in [0.717, 1.165) is 24.0 Å². The van der Waals surface area contributed by atoms with Crippen molar-refractivity contribution in [1.29, 1.82) is 0 Å². The summed E-state index contributed by atoms with van der Waals surface area (Å²) in [6, 6.07) is 15.9. The molecular formula is C23H19FN2O3. The lowest BCUT2D eigenvalue weighted by atomic mass is 9.94. The summed E-state index contributed by atoms with van der Waals surface area (Å²) in [4.78, 5) is 17.6. The molecule has 2 aliphatic rings. The second kappa shape index (κ2) is 6.58. The summed E-state index contributed by atoms with van der Waals surface area (Å²) in [6.45, 7) is 1.92. The minimum absolute atomic E-state index is 0.0868. The average molecular weight is 390 g/mol. The highest BCUT2D eigenvalue weighted by Crippen LogP contribution is 2.51. The lowest BCUT2D eigenvalue weighted by Gasteiger charge is -2.16. The zero-order valence-electron chi connectivity index (χ0n) is 15.9. The second-order valence-electron chi connectivity index (χ2n) is 7.48. The molecule has 5 rings (SSSR count). The van der Waals surface area contributed by atoms with Crippen molar-refractivity contribution in [2.75, 3.05) is 12.1 Å². The molecule has 0 spiro atoms. The smallest absolute Gasteiger partial charge is 0.236 e. The van der Waals surface area contributed by atoms with E-state index in [1.54, 1.807) is 25.1 Å². The molecule has 0 bridgehead atoms. The molecule has 1 fully saturated rings. The van der Waals surface area contributed by atoms with Crippen LogP contribution >= 0.6 is 0 Å². The van der Waals surface area contributed by atoms with Gasteiger partial charge in [-0.1, -0.05) is 12.1 Å². The van der Waals surface area contributed by atoms with Gasteiger partial charge in [0.2, 0.25) is 12.7 Å². The number of aryl methyl sites for hydroxylation is 1. The van der Waals surface area contributed by atoms with E-state index in [0.29, 0.717) is 28.6 Å². The van der Waals surface area contributed by atoms with Gasteiger partial charge < -0.3 is 14.8 Å². The first kappa shape index (κ1) is 17.7. The first-order valence-corrected chi connectivity index (χ1v) is 9.50. The number of hydrogen-bond acceptors (Lipinski definition) is 4. The number of rotatable bonds is 4. The number of anilines is 1. The Morgan fingerprint density at radius 3 is 2.69 bits per heavy atom. The number of carbonyl (C=O) groups excluding carboxylic acids is 1. The molecule has 1 aliphatic heterocycles. The molecule has 5 nitrogen and oxygen atoms in total. The van der Waals surface area contributed by atoms with Crippen LogP contribution in [-0.2, 0) is 10.2 Å². The summed E-state index contributed by atoms with van der Waals surface area (Å²) in [5, 5.41) is 2.95. The molecule has 2 heterocycles. The first-order valence-electron chi connectivity index (χ1n) is 9.50. The largest absolute Gasteiger partial charge is 0.454 e. The van der Waals surface area contributed by atoms with Crippen LogP contribution in [-0.4, -0.2) is 17.7 Å². The fraction of sp³-hybridized carbons (Fsp3) is 0.217. The second-order valence-corrected chi connectivity index (χ2v) is 7.48. The Morgan fingerprint density at radius 1 is 1.07 bits per heavy atom. The summed E-state index contributed by atoms with van der Waals surface area (Å²) >= 11 is 0. The third kappa shape index (κ3) is 3.10. The van der Waals surface area contributed by atoms with E-state index in [4.69, 9.17) is 9.47 Å². The van der Waals surface area contributed by atoms with Crippen LogP contribution in [0.25, 0.3) is 11.3 Å². The maximum atomic E-state index is 13.6. The van der Waals surface area contributed by atoms with Crippen LogP contribution in [0, 0.1) is 12.7 Å². The topological polar surface area (TPSA) is 60.5 Å². The van der Waals surface area contributed by atoms with Gasteiger partial charge in [0.15, 0.2) is 11.5 Å². The summed E-state index contributed by atoms with van der Waals surface area (Å²) in [5.41, 5.74) is 2.39. The summed E-state index contributed by atoms with van der Waals surface area (Å²) in [6.07, 6.45) is 1.55. The standard InChI is InChI=1S/C23H19FN2O3/c1-14-11-15(5-7-17(14)24)18-3-2-4-21(25-18)26-22(27)23(9-10-23)16-6-8-19-20(12-16)29-13-28-19/h2-8,11-12H,9-10,13H2,1H3,(H,25,26,27). The van der Waals surface area contributed by atoms with Crippen molar-refractivity contribution in [2.24, 2.45) is 0 Å². The maximum absolute atomic E-state index is 13.6. The highest BCUT2D eigenvalue weighted by Gasteiger charge is 2.51. The summed E-state index contributed by atoms with van der Waals surface area (Å²) < 4.78 is 24.4. The lowest BCUT2D eigenvalue weighted by molar-refractivity contribution is -0.118. The van der Waals surface area contributed by atoms with E-state index in [2.05, 4.69) is 10.3 Å². The van der Waals surface area contributed by atoms with Crippen LogP contribution in [0.4, 0.5) is 10.2 Å². The number of hydrogen-bond donors (Lipinski definition) is 1. The maximum Gasteiger partial charge on any atom is 0.236 e. The number of nitrogens with one attached hydrogen (secondary N) is 1. The predicted octanol–water partition coefficient (Wildman–Crippen LogP) is 4.60. The van der Waals surface area contributed by atoms with Crippen LogP contribution in [0.15, 0.2) is 54.6 Å². The Hall–Kier alpha value is -3.41. The Kier molecular flexibility index (Phi) is 4.01. The van der Waals surface area contributed by atoms with Crippen LogP contribution in [0.2, 0.25) is 0 Å². The number of pyridine rings is 1.